The highest BCUT2D eigenvalue weighted by Gasteiger charge is 2.22. The van der Waals surface area contributed by atoms with E-state index in [1.807, 2.05) is 31.3 Å². The number of nitrogens with one attached hydrogen (secondary N) is 2. The standard InChI is InChI=1S/C24H26N6/c1-18-16-27-24(29-23(18)21(15-25)22-9-5-6-12-26-22)28-20-10-13-30(14-11-20)17-19-7-3-2-4-8-19/h2-9,12,16,20H,10-11,13-14,17H2,1H3,(H2,27,28,29). The molecule has 0 amide bonds. The van der Waals surface area contributed by atoms with E-state index in [1.54, 1.807) is 6.20 Å². The van der Waals surface area contributed by atoms with Gasteiger partial charge in [0.1, 0.15) is 11.6 Å². The molecule has 1 saturated heterocycles. The summed E-state index contributed by atoms with van der Waals surface area (Å²) in [6.07, 6.45) is 5.64. The number of rotatable bonds is 4. The molecule has 0 unspecified atom stereocenters. The van der Waals surface area contributed by atoms with Gasteiger partial charge in [0.25, 0.3) is 0 Å². The lowest BCUT2D eigenvalue weighted by Crippen LogP contribution is -2.41. The number of benzene rings is 1. The van der Waals surface area contributed by atoms with Crippen molar-refractivity contribution in [2.45, 2.75) is 32.4 Å². The molecule has 0 bridgehead atoms. The van der Waals surface area contributed by atoms with Crippen molar-refractivity contribution in [1.29, 1.82) is 5.26 Å². The molecule has 0 saturated carbocycles. The molecule has 3 heterocycles. The second-order valence-corrected chi connectivity index (χ2v) is 7.64. The molecule has 6 nitrogen and oxygen atoms in total. The summed E-state index contributed by atoms with van der Waals surface area (Å²) >= 11 is 0. The molecule has 1 fully saturated rings. The minimum Gasteiger partial charge on any atom is -0.332 e. The van der Waals surface area contributed by atoms with E-state index >= 15 is 0 Å². The third-order valence-corrected chi connectivity index (χ3v) is 5.46. The lowest BCUT2D eigenvalue weighted by Gasteiger charge is -2.31. The van der Waals surface area contributed by atoms with Crippen molar-refractivity contribution >= 4 is 11.5 Å². The second kappa shape index (κ2) is 9.38. The monoisotopic (exact) mass is 398 g/mol. The van der Waals surface area contributed by atoms with Crippen LogP contribution in [-0.2, 0) is 6.54 Å². The van der Waals surface area contributed by atoms with E-state index < -0.39 is 0 Å². The van der Waals surface area contributed by atoms with Gasteiger partial charge in [-0.25, -0.2) is 4.99 Å². The van der Waals surface area contributed by atoms with Crippen LogP contribution in [0, 0.1) is 11.3 Å². The summed E-state index contributed by atoms with van der Waals surface area (Å²) in [6.45, 7) is 5.02. The van der Waals surface area contributed by atoms with Crippen LogP contribution in [0.1, 0.15) is 31.0 Å². The van der Waals surface area contributed by atoms with Gasteiger partial charge in [-0.2, -0.15) is 5.26 Å². The maximum atomic E-state index is 9.73. The largest absolute Gasteiger partial charge is 0.332 e. The van der Waals surface area contributed by atoms with E-state index in [0.717, 1.165) is 43.7 Å². The number of likely N-dealkylation sites (tertiary alicyclic amines) is 1. The van der Waals surface area contributed by atoms with Gasteiger partial charge in [0.15, 0.2) is 5.96 Å². The van der Waals surface area contributed by atoms with Crippen molar-refractivity contribution in [2.24, 2.45) is 4.99 Å². The highest BCUT2D eigenvalue weighted by atomic mass is 15.2. The van der Waals surface area contributed by atoms with E-state index in [9.17, 15) is 5.26 Å². The first-order valence-electron chi connectivity index (χ1n) is 10.3. The molecule has 4 rings (SSSR count). The van der Waals surface area contributed by atoms with Crippen LogP contribution in [-0.4, -0.2) is 35.0 Å². The van der Waals surface area contributed by atoms with Crippen molar-refractivity contribution in [1.82, 2.24) is 20.5 Å². The number of allylic oxidation sites excluding steroid dienone is 2. The Morgan fingerprint density at radius 3 is 2.63 bits per heavy atom. The molecule has 2 N–H and O–H groups in total. The maximum Gasteiger partial charge on any atom is 0.200 e. The molecule has 0 aliphatic carbocycles. The zero-order valence-electron chi connectivity index (χ0n) is 17.2. The van der Waals surface area contributed by atoms with Crippen molar-refractivity contribution in [3.8, 4) is 6.07 Å². The summed E-state index contributed by atoms with van der Waals surface area (Å²) in [7, 11) is 0. The lowest BCUT2D eigenvalue weighted by atomic mass is 10.0. The second-order valence-electron chi connectivity index (χ2n) is 7.64. The predicted octanol–water partition coefficient (Wildman–Crippen LogP) is 3.43. The Morgan fingerprint density at radius 1 is 1.17 bits per heavy atom. The topological polar surface area (TPSA) is 76.3 Å². The Balaban J connectivity index is 1.43. The summed E-state index contributed by atoms with van der Waals surface area (Å²) in [5, 5.41) is 16.3. The molecule has 0 radical (unpaired) electrons. The molecule has 1 aromatic carbocycles. The van der Waals surface area contributed by atoms with Gasteiger partial charge in [-0.05, 0) is 43.0 Å². The Bertz CT molecular complexity index is 993. The quantitative estimate of drug-likeness (QED) is 0.772. The fourth-order valence-corrected chi connectivity index (χ4v) is 3.81. The summed E-state index contributed by atoms with van der Waals surface area (Å²) in [5.74, 6) is 0.695. The van der Waals surface area contributed by atoms with Crippen LogP contribution in [0.15, 0.2) is 77.2 Å². The molecule has 2 aliphatic heterocycles. The van der Waals surface area contributed by atoms with Crippen LogP contribution in [0.3, 0.4) is 0 Å². The Kier molecular flexibility index (Phi) is 6.21. The third kappa shape index (κ3) is 4.76. The molecular formula is C24H26N6. The van der Waals surface area contributed by atoms with Crippen LogP contribution in [0.2, 0.25) is 0 Å². The van der Waals surface area contributed by atoms with Crippen LogP contribution >= 0.6 is 0 Å². The smallest absolute Gasteiger partial charge is 0.200 e. The summed E-state index contributed by atoms with van der Waals surface area (Å²) in [4.78, 5) is 11.7. The van der Waals surface area contributed by atoms with Crippen LogP contribution in [0.4, 0.5) is 0 Å². The zero-order valence-corrected chi connectivity index (χ0v) is 17.2. The highest BCUT2D eigenvalue weighted by Crippen LogP contribution is 2.22. The first-order chi connectivity index (χ1) is 14.7. The number of aliphatic imine (C=N–C) groups is 1. The summed E-state index contributed by atoms with van der Waals surface area (Å²) in [5.41, 5.74) is 4.25. The number of aromatic nitrogens is 1. The van der Waals surface area contributed by atoms with Gasteiger partial charge in [0, 0.05) is 32.0 Å². The normalized spacial score (nSPS) is 20.7. The molecule has 0 spiro atoms. The van der Waals surface area contributed by atoms with Crippen molar-refractivity contribution in [3.05, 3.63) is 83.5 Å². The van der Waals surface area contributed by atoms with Crippen molar-refractivity contribution < 1.29 is 0 Å². The van der Waals surface area contributed by atoms with Gasteiger partial charge in [-0.1, -0.05) is 36.4 Å². The first-order valence-corrected chi connectivity index (χ1v) is 10.3. The molecule has 30 heavy (non-hydrogen) atoms. The molecule has 2 aliphatic rings. The van der Waals surface area contributed by atoms with Crippen LogP contribution in [0.25, 0.3) is 5.57 Å². The minimum atomic E-state index is 0.264. The Hall–Kier alpha value is -3.43. The van der Waals surface area contributed by atoms with Gasteiger partial charge in [0.05, 0.1) is 17.4 Å². The van der Waals surface area contributed by atoms with Gasteiger partial charge in [-0.15, -0.1) is 0 Å². The van der Waals surface area contributed by atoms with E-state index in [4.69, 9.17) is 4.99 Å². The average molecular weight is 399 g/mol. The average Bonchev–Trinajstić information content (AvgIpc) is 2.79. The predicted molar refractivity (Wildman–Crippen MR) is 119 cm³/mol. The molecule has 2 aromatic rings. The van der Waals surface area contributed by atoms with Gasteiger partial charge >= 0.3 is 0 Å². The number of guanidine groups is 1. The number of hydrogen-bond acceptors (Lipinski definition) is 4. The minimum absolute atomic E-state index is 0.264. The number of nitrogens with zero attached hydrogens (tertiary/aromatic N) is 4. The molecule has 0 atom stereocenters. The molecule has 152 valence electrons. The zero-order chi connectivity index (χ0) is 20.8. The van der Waals surface area contributed by atoms with Crippen LogP contribution < -0.4 is 10.6 Å². The SMILES string of the molecule is CC1=CNC(=NC2CCN(Cc3ccccc3)CC2)NC1=C(C#N)c1ccccn1. The van der Waals surface area contributed by atoms with Crippen molar-refractivity contribution in [3.63, 3.8) is 0 Å². The maximum absolute atomic E-state index is 9.73. The van der Waals surface area contributed by atoms with Gasteiger partial charge in [-0.3, -0.25) is 9.88 Å². The first kappa shape index (κ1) is 19.9. The van der Waals surface area contributed by atoms with Crippen LogP contribution in [0.5, 0.6) is 0 Å². The van der Waals surface area contributed by atoms with Crippen molar-refractivity contribution in [2.75, 3.05) is 13.1 Å². The fourth-order valence-electron chi connectivity index (χ4n) is 3.81. The summed E-state index contributed by atoms with van der Waals surface area (Å²) in [6, 6.07) is 18.7. The van der Waals surface area contributed by atoms with E-state index in [-0.39, 0.29) is 6.04 Å². The highest BCUT2D eigenvalue weighted by molar-refractivity contribution is 5.90. The Morgan fingerprint density at radius 2 is 1.93 bits per heavy atom. The molecular weight excluding hydrogens is 372 g/mol. The Labute approximate surface area is 177 Å². The van der Waals surface area contributed by atoms with Gasteiger partial charge < -0.3 is 10.6 Å². The number of pyridine rings is 1. The number of nitriles is 1. The third-order valence-electron chi connectivity index (χ3n) is 5.46. The molecule has 1 aromatic heterocycles. The number of hydrogen-bond donors (Lipinski definition) is 2. The molecule has 6 heteroatoms. The summed E-state index contributed by atoms with van der Waals surface area (Å²) < 4.78 is 0. The lowest BCUT2D eigenvalue weighted by molar-refractivity contribution is 0.206. The van der Waals surface area contributed by atoms with E-state index in [1.165, 1.54) is 5.56 Å². The van der Waals surface area contributed by atoms with E-state index in [0.29, 0.717) is 17.2 Å². The fraction of sp³-hybridized carbons (Fsp3) is 0.292. The van der Waals surface area contributed by atoms with E-state index in [2.05, 4.69) is 56.9 Å². The van der Waals surface area contributed by atoms with Gasteiger partial charge in [0.2, 0.25) is 0 Å². The number of piperidine rings is 1.